The van der Waals surface area contributed by atoms with Gasteiger partial charge < -0.3 is 14.2 Å². The van der Waals surface area contributed by atoms with Crippen LogP contribution in [0.5, 0.6) is 0 Å². The molecule has 2 fully saturated rings. The van der Waals surface area contributed by atoms with Crippen molar-refractivity contribution in [3.8, 4) is 0 Å². The lowest BCUT2D eigenvalue weighted by Gasteiger charge is -2.39. The lowest BCUT2D eigenvalue weighted by molar-refractivity contribution is 0.0305. The summed E-state index contributed by atoms with van der Waals surface area (Å²) in [5.74, 6) is 0.716. The molecule has 0 saturated carbocycles. The molecule has 1 aliphatic carbocycles. The fraction of sp³-hybridized carbons (Fsp3) is 0.455. The van der Waals surface area contributed by atoms with E-state index in [2.05, 4.69) is 46.5 Å². The third-order valence-electron chi connectivity index (χ3n) is 6.28. The van der Waals surface area contributed by atoms with Gasteiger partial charge >= 0.3 is 0 Å². The number of ether oxygens (including phenoxy) is 1. The number of amides is 1. The standard InChI is InChI=1S/C22H25N3O3/c26-21(20-15-18(28-23-20)16-24-11-13-27-14-12-24)25-9-7-22(8-10-25)6-5-17-3-1-2-4-19(17)22/h1-6,15H,7-14,16H2. The fourth-order valence-electron chi connectivity index (χ4n) is 4.61. The van der Waals surface area contributed by atoms with Crippen molar-refractivity contribution in [2.24, 2.45) is 0 Å². The topological polar surface area (TPSA) is 58.8 Å². The maximum atomic E-state index is 12.9. The van der Waals surface area contributed by atoms with Crippen LogP contribution in [0.3, 0.4) is 0 Å². The molecule has 0 unspecified atom stereocenters. The van der Waals surface area contributed by atoms with Gasteiger partial charge in [0.25, 0.3) is 5.91 Å². The van der Waals surface area contributed by atoms with Crippen molar-refractivity contribution in [1.29, 1.82) is 0 Å². The monoisotopic (exact) mass is 379 g/mol. The van der Waals surface area contributed by atoms with Crippen LogP contribution in [0.1, 0.15) is 40.2 Å². The summed E-state index contributed by atoms with van der Waals surface area (Å²) in [6.45, 7) is 5.40. The molecule has 28 heavy (non-hydrogen) atoms. The number of hydrogen-bond donors (Lipinski definition) is 0. The van der Waals surface area contributed by atoms with Crippen molar-refractivity contribution in [3.05, 3.63) is 59.0 Å². The Kier molecular flexibility index (Phi) is 4.53. The van der Waals surface area contributed by atoms with Crippen LogP contribution in [0.15, 0.2) is 40.9 Å². The largest absolute Gasteiger partial charge is 0.379 e. The van der Waals surface area contributed by atoms with Gasteiger partial charge in [0.05, 0.1) is 19.8 Å². The minimum atomic E-state index is -0.0258. The highest BCUT2D eigenvalue weighted by Crippen LogP contribution is 2.43. The Morgan fingerprint density at radius 1 is 1.11 bits per heavy atom. The molecule has 146 valence electrons. The number of carbonyl (C=O) groups excluding carboxylic acids is 1. The second kappa shape index (κ2) is 7.18. The Labute approximate surface area is 164 Å². The average molecular weight is 379 g/mol. The highest BCUT2D eigenvalue weighted by atomic mass is 16.5. The molecule has 1 spiro atoms. The van der Waals surface area contributed by atoms with Gasteiger partial charge in [0.2, 0.25) is 0 Å². The third kappa shape index (κ3) is 3.16. The molecular formula is C22H25N3O3. The molecule has 1 aromatic carbocycles. The SMILES string of the molecule is O=C(c1cc(CN2CCOCC2)on1)N1CCC2(C=Cc3ccccc32)CC1. The molecule has 0 radical (unpaired) electrons. The molecule has 0 bridgehead atoms. The number of likely N-dealkylation sites (tertiary alicyclic amines) is 1. The van der Waals surface area contributed by atoms with Crippen LogP contribution < -0.4 is 0 Å². The Bertz CT molecular complexity index is 890. The Morgan fingerprint density at radius 2 is 1.89 bits per heavy atom. The van der Waals surface area contributed by atoms with E-state index >= 15 is 0 Å². The number of morpholine rings is 1. The first kappa shape index (κ1) is 17.6. The molecule has 0 N–H and O–H groups in total. The lowest BCUT2D eigenvalue weighted by Crippen LogP contribution is -2.44. The van der Waals surface area contributed by atoms with E-state index in [4.69, 9.17) is 9.26 Å². The number of nitrogens with zero attached hydrogens (tertiary/aromatic N) is 3. The first-order chi connectivity index (χ1) is 13.7. The van der Waals surface area contributed by atoms with E-state index in [0.29, 0.717) is 12.2 Å². The molecule has 2 aliphatic heterocycles. The molecule has 2 saturated heterocycles. The van der Waals surface area contributed by atoms with Crippen molar-refractivity contribution in [2.75, 3.05) is 39.4 Å². The van der Waals surface area contributed by atoms with Gasteiger partial charge in [0.15, 0.2) is 11.5 Å². The molecule has 3 aliphatic rings. The van der Waals surface area contributed by atoms with Crippen molar-refractivity contribution in [2.45, 2.75) is 24.8 Å². The molecule has 3 heterocycles. The van der Waals surface area contributed by atoms with Crippen LogP contribution in [-0.4, -0.2) is 60.3 Å². The minimum Gasteiger partial charge on any atom is -0.379 e. The molecule has 6 heteroatoms. The zero-order chi connectivity index (χ0) is 19.0. The molecule has 0 atom stereocenters. The van der Waals surface area contributed by atoms with E-state index in [1.807, 2.05) is 4.90 Å². The molecule has 5 rings (SSSR count). The molecular weight excluding hydrogens is 354 g/mol. The maximum Gasteiger partial charge on any atom is 0.276 e. The van der Waals surface area contributed by atoms with Gasteiger partial charge in [0, 0.05) is 37.7 Å². The minimum absolute atomic E-state index is 0.0258. The summed E-state index contributed by atoms with van der Waals surface area (Å²) >= 11 is 0. The molecule has 1 amide bonds. The van der Waals surface area contributed by atoms with Crippen molar-refractivity contribution >= 4 is 12.0 Å². The van der Waals surface area contributed by atoms with Gasteiger partial charge in [-0.05, 0) is 24.0 Å². The number of rotatable bonds is 3. The molecule has 2 aromatic rings. The maximum absolute atomic E-state index is 12.9. The number of allylic oxidation sites excluding steroid dienone is 1. The van der Waals surface area contributed by atoms with E-state index < -0.39 is 0 Å². The number of hydrogen-bond acceptors (Lipinski definition) is 5. The van der Waals surface area contributed by atoms with Crippen molar-refractivity contribution in [1.82, 2.24) is 15.0 Å². The summed E-state index contributed by atoms with van der Waals surface area (Å²) in [7, 11) is 0. The van der Waals surface area contributed by atoms with Crippen LogP contribution in [0.25, 0.3) is 6.08 Å². The van der Waals surface area contributed by atoms with E-state index in [0.717, 1.165) is 58.0 Å². The van der Waals surface area contributed by atoms with Crippen molar-refractivity contribution < 1.29 is 14.1 Å². The number of benzene rings is 1. The van der Waals surface area contributed by atoms with Gasteiger partial charge in [-0.3, -0.25) is 9.69 Å². The van der Waals surface area contributed by atoms with Gasteiger partial charge in [0.1, 0.15) is 0 Å². The van der Waals surface area contributed by atoms with E-state index in [9.17, 15) is 4.79 Å². The Morgan fingerprint density at radius 3 is 2.71 bits per heavy atom. The average Bonchev–Trinajstić information content (AvgIpc) is 3.35. The van der Waals surface area contributed by atoms with Gasteiger partial charge in [-0.1, -0.05) is 41.6 Å². The first-order valence-corrected chi connectivity index (χ1v) is 10.1. The van der Waals surface area contributed by atoms with Gasteiger partial charge in [-0.25, -0.2) is 0 Å². The van der Waals surface area contributed by atoms with Crippen LogP contribution in [0.4, 0.5) is 0 Å². The molecule has 1 aromatic heterocycles. The zero-order valence-electron chi connectivity index (χ0n) is 16.0. The van der Waals surface area contributed by atoms with E-state index in [1.54, 1.807) is 6.07 Å². The summed E-state index contributed by atoms with van der Waals surface area (Å²) < 4.78 is 10.8. The van der Waals surface area contributed by atoms with Gasteiger partial charge in [-0.2, -0.15) is 0 Å². The van der Waals surface area contributed by atoms with Crippen LogP contribution in [0, 0.1) is 0 Å². The van der Waals surface area contributed by atoms with Crippen molar-refractivity contribution in [3.63, 3.8) is 0 Å². The Hall–Kier alpha value is -2.44. The van der Waals surface area contributed by atoms with Crippen LogP contribution in [0.2, 0.25) is 0 Å². The second-order valence-electron chi connectivity index (χ2n) is 7.94. The fourth-order valence-corrected chi connectivity index (χ4v) is 4.61. The number of fused-ring (bicyclic) bond motifs is 2. The number of piperidine rings is 1. The number of aromatic nitrogens is 1. The normalized spacial score (nSPS) is 21.2. The third-order valence-corrected chi connectivity index (χ3v) is 6.28. The van der Waals surface area contributed by atoms with E-state index in [-0.39, 0.29) is 11.3 Å². The predicted molar refractivity (Wildman–Crippen MR) is 105 cm³/mol. The summed E-state index contributed by atoms with van der Waals surface area (Å²) in [6, 6.07) is 10.4. The zero-order valence-corrected chi connectivity index (χ0v) is 16.0. The summed E-state index contributed by atoms with van der Waals surface area (Å²) in [5.41, 5.74) is 3.21. The second-order valence-corrected chi connectivity index (χ2v) is 7.94. The summed E-state index contributed by atoms with van der Waals surface area (Å²) in [5, 5.41) is 4.04. The first-order valence-electron chi connectivity index (χ1n) is 10.1. The highest BCUT2D eigenvalue weighted by Gasteiger charge is 2.39. The smallest absolute Gasteiger partial charge is 0.276 e. The Balaban J connectivity index is 1.23. The van der Waals surface area contributed by atoms with Gasteiger partial charge in [-0.15, -0.1) is 0 Å². The van der Waals surface area contributed by atoms with E-state index in [1.165, 1.54) is 11.1 Å². The quantitative estimate of drug-likeness (QED) is 0.821. The predicted octanol–water partition coefficient (Wildman–Crippen LogP) is 2.71. The lowest BCUT2D eigenvalue weighted by atomic mass is 9.74. The highest BCUT2D eigenvalue weighted by molar-refractivity contribution is 5.92. The molecule has 6 nitrogen and oxygen atoms in total. The number of carbonyl (C=O) groups is 1. The van der Waals surface area contributed by atoms with Crippen LogP contribution >= 0.6 is 0 Å². The summed E-state index contributed by atoms with van der Waals surface area (Å²) in [4.78, 5) is 17.1. The van der Waals surface area contributed by atoms with Crippen LogP contribution in [-0.2, 0) is 16.7 Å². The summed E-state index contributed by atoms with van der Waals surface area (Å²) in [6.07, 6.45) is 6.45.